The van der Waals surface area contributed by atoms with Gasteiger partial charge >= 0.3 is 6.18 Å². The van der Waals surface area contributed by atoms with Crippen LogP contribution in [0.2, 0.25) is 0 Å². The number of benzene rings is 2. The van der Waals surface area contributed by atoms with E-state index in [1.165, 1.54) is 12.1 Å². The Balaban J connectivity index is 1.47. The number of anilines is 1. The van der Waals surface area contributed by atoms with Gasteiger partial charge in [0.1, 0.15) is 17.3 Å². The van der Waals surface area contributed by atoms with Crippen LogP contribution in [0, 0.1) is 12.4 Å². The maximum Gasteiger partial charge on any atom is 0.415 e. The maximum absolute atomic E-state index is 15.8. The Bertz CT molecular complexity index is 1530. The molecular formula is C32H33F4N5O2. The molecule has 1 amide bonds. The standard InChI is InChI=1S/C32H33F4N5O2/c1-4-43-28-8-6-5-7-24(28)29-25(33)17-22(19-38-29)31(30(42)39-23-11-14-40(3)20-23)12-15-41(16-13-31)27-10-9-21(32(34,35)36)18-26(27)37-2/h5-10,17-19,23H,4,11-16,20H2,1,3H3,(H,39,42)/t23-/m0/s1. The molecule has 0 unspecified atom stereocenters. The van der Waals surface area contributed by atoms with Crippen molar-refractivity contribution in [3.8, 4) is 17.0 Å². The maximum atomic E-state index is 15.8. The van der Waals surface area contributed by atoms with Crippen LogP contribution in [0.5, 0.6) is 5.75 Å². The number of pyridine rings is 1. The van der Waals surface area contributed by atoms with Crippen molar-refractivity contribution in [3.05, 3.63) is 83.1 Å². The summed E-state index contributed by atoms with van der Waals surface area (Å²) in [6, 6.07) is 11.5. The summed E-state index contributed by atoms with van der Waals surface area (Å²) < 4.78 is 61.3. The summed E-state index contributed by atoms with van der Waals surface area (Å²) in [4.78, 5) is 25.8. The van der Waals surface area contributed by atoms with Crippen LogP contribution in [0.3, 0.4) is 0 Å². The number of likely N-dealkylation sites (tertiary alicyclic amines) is 1. The Morgan fingerprint density at radius 1 is 1.16 bits per heavy atom. The lowest BCUT2D eigenvalue weighted by atomic mass is 9.72. The molecule has 2 aromatic carbocycles. The van der Waals surface area contributed by atoms with Gasteiger partial charge in [-0.3, -0.25) is 9.78 Å². The quantitative estimate of drug-likeness (QED) is 0.260. The number of alkyl halides is 3. The molecule has 1 atom stereocenters. The Morgan fingerprint density at radius 3 is 2.53 bits per heavy atom. The van der Waals surface area contributed by atoms with Crippen molar-refractivity contribution in [2.24, 2.45) is 0 Å². The molecule has 0 saturated carbocycles. The van der Waals surface area contributed by atoms with Gasteiger partial charge in [0.2, 0.25) is 11.6 Å². The summed E-state index contributed by atoms with van der Waals surface area (Å²) in [7, 11) is 1.98. The fraction of sp³-hybridized carbons (Fsp3) is 0.406. The van der Waals surface area contributed by atoms with Crippen molar-refractivity contribution in [2.45, 2.75) is 43.8 Å². The fourth-order valence-electron chi connectivity index (χ4n) is 6.05. The van der Waals surface area contributed by atoms with E-state index in [1.54, 1.807) is 30.5 Å². The van der Waals surface area contributed by atoms with Gasteiger partial charge in [-0.25, -0.2) is 9.24 Å². The van der Waals surface area contributed by atoms with Gasteiger partial charge in [-0.15, -0.1) is 0 Å². The van der Waals surface area contributed by atoms with Crippen molar-refractivity contribution < 1.29 is 27.1 Å². The van der Waals surface area contributed by atoms with Crippen LogP contribution in [-0.4, -0.2) is 61.7 Å². The van der Waals surface area contributed by atoms with Gasteiger partial charge in [-0.2, -0.15) is 13.2 Å². The first kappa shape index (κ1) is 30.3. The van der Waals surface area contributed by atoms with Crippen molar-refractivity contribution >= 4 is 17.3 Å². The molecule has 0 spiro atoms. The zero-order valence-corrected chi connectivity index (χ0v) is 24.0. The molecule has 2 fully saturated rings. The number of halogens is 4. The molecule has 1 aromatic heterocycles. The summed E-state index contributed by atoms with van der Waals surface area (Å²) in [5.74, 6) is -0.311. The highest BCUT2D eigenvalue weighted by molar-refractivity contribution is 5.89. The van der Waals surface area contributed by atoms with E-state index in [-0.39, 0.29) is 49.3 Å². The monoisotopic (exact) mass is 595 g/mol. The van der Waals surface area contributed by atoms with Crippen LogP contribution in [0.4, 0.5) is 28.9 Å². The highest BCUT2D eigenvalue weighted by atomic mass is 19.4. The molecule has 7 nitrogen and oxygen atoms in total. The SMILES string of the molecule is [C-]#[N+]c1cc(C(F)(F)F)ccc1N1CCC(C(=O)N[C@H]2CCN(C)C2)(c2cnc(-c3ccccc3OCC)c(F)c2)CC1. The largest absolute Gasteiger partial charge is 0.493 e. The molecule has 2 aliphatic rings. The lowest BCUT2D eigenvalue weighted by Gasteiger charge is -2.42. The van der Waals surface area contributed by atoms with E-state index >= 15 is 4.39 Å². The van der Waals surface area contributed by atoms with Gasteiger partial charge < -0.3 is 19.9 Å². The second-order valence-corrected chi connectivity index (χ2v) is 11.1. The average molecular weight is 596 g/mol. The molecule has 1 N–H and O–H groups in total. The molecular weight excluding hydrogens is 562 g/mol. The number of aromatic nitrogens is 1. The van der Waals surface area contributed by atoms with Crippen molar-refractivity contribution in [1.29, 1.82) is 0 Å². The number of amides is 1. The summed E-state index contributed by atoms with van der Waals surface area (Å²) in [6.45, 7) is 11.8. The Labute approximate surface area is 248 Å². The number of likely N-dealkylation sites (N-methyl/N-ethyl adjacent to an activating group) is 1. The molecule has 5 rings (SSSR count). The summed E-state index contributed by atoms with van der Waals surface area (Å²) >= 11 is 0. The highest BCUT2D eigenvalue weighted by Gasteiger charge is 2.45. The van der Waals surface area contributed by atoms with Crippen LogP contribution >= 0.6 is 0 Å². The number of ether oxygens (including phenoxy) is 1. The van der Waals surface area contributed by atoms with Gasteiger partial charge in [-0.1, -0.05) is 18.2 Å². The number of carbonyl (C=O) groups is 1. The number of nitrogens with zero attached hydrogens (tertiary/aromatic N) is 4. The second kappa shape index (κ2) is 12.2. The highest BCUT2D eigenvalue weighted by Crippen LogP contribution is 2.42. The number of nitrogens with one attached hydrogen (secondary N) is 1. The second-order valence-electron chi connectivity index (χ2n) is 11.1. The zero-order chi connectivity index (χ0) is 30.8. The third kappa shape index (κ3) is 6.15. The first-order valence-electron chi connectivity index (χ1n) is 14.3. The number of rotatable bonds is 7. The number of piperidine rings is 1. The first-order chi connectivity index (χ1) is 20.6. The Hall–Kier alpha value is -4.17. The Morgan fingerprint density at radius 2 is 1.91 bits per heavy atom. The van der Waals surface area contributed by atoms with E-state index in [4.69, 9.17) is 11.3 Å². The van der Waals surface area contributed by atoms with Gasteiger partial charge in [0, 0.05) is 48.7 Å². The third-order valence-corrected chi connectivity index (χ3v) is 8.38. The van der Waals surface area contributed by atoms with E-state index in [0.29, 0.717) is 35.7 Å². The normalized spacial score (nSPS) is 18.7. The van der Waals surface area contributed by atoms with Gasteiger partial charge in [0.25, 0.3) is 0 Å². The minimum absolute atomic E-state index is 0.0498. The third-order valence-electron chi connectivity index (χ3n) is 8.38. The smallest absolute Gasteiger partial charge is 0.415 e. The summed E-state index contributed by atoms with van der Waals surface area (Å²) in [5.41, 5.74) is -0.680. The van der Waals surface area contributed by atoms with E-state index in [0.717, 1.165) is 25.1 Å². The lowest BCUT2D eigenvalue weighted by Crippen LogP contribution is -2.54. The van der Waals surface area contributed by atoms with E-state index in [2.05, 4.69) is 20.0 Å². The topological polar surface area (TPSA) is 62.1 Å². The molecule has 2 aliphatic heterocycles. The first-order valence-corrected chi connectivity index (χ1v) is 14.3. The molecule has 3 aromatic rings. The predicted molar refractivity (Wildman–Crippen MR) is 156 cm³/mol. The van der Waals surface area contributed by atoms with Crippen molar-refractivity contribution in [2.75, 3.05) is 44.7 Å². The zero-order valence-electron chi connectivity index (χ0n) is 24.0. The van der Waals surface area contributed by atoms with Crippen LogP contribution in [0.25, 0.3) is 16.1 Å². The molecule has 0 radical (unpaired) electrons. The van der Waals surface area contributed by atoms with Gasteiger partial charge in [0.05, 0.1) is 18.6 Å². The molecule has 3 heterocycles. The van der Waals surface area contributed by atoms with Gasteiger partial charge in [-0.05, 0) is 75.7 Å². The molecule has 43 heavy (non-hydrogen) atoms. The van der Waals surface area contributed by atoms with Crippen molar-refractivity contribution in [1.82, 2.24) is 15.2 Å². The van der Waals surface area contributed by atoms with Gasteiger partial charge in [0.15, 0.2) is 0 Å². The lowest BCUT2D eigenvalue weighted by molar-refractivity contribution is -0.137. The van der Waals surface area contributed by atoms with E-state index in [1.807, 2.05) is 18.9 Å². The molecule has 0 bridgehead atoms. The minimum Gasteiger partial charge on any atom is -0.493 e. The van der Waals surface area contributed by atoms with Crippen LogP contribution in [-0.2, 0) is 16.4 Å². The average Bonchev–Trinajstić information content (AvgIpc) is 3.41. The number of para-hydroxylation sites is 1. The number of carbonyl (C=O) groups excluding carboxylic acids is 1. The molecule has 226 valence electrons. The summed E-state index contributed by atoms with van der Waals surface area (Å²) in [6.07, 6.45) is -1.70. The molecule has 2 saturated heterocycles. The Kier molecular flexibility index (Phi) is 8.60. The van der Waals surface area contributed by atoms with Crippen LogP contribution < -0.4 is 15.0 Å². The van der Waals surface area contributed by atoms with Crippen LogP contribution in [0.1, 0.15) is 37.3 Å². The minimum atomic E-state index is -4.56. The molecule has 11 heteroatoms. The fourth-order valence-corrected chi connectivity index (χ4v) is 6.05. The predicted octanol–water partition coefficient (Wildman–Crippen LogP) is 6.21. The van der Waals surface area contributed by atoms with E-state index in [9.17, 15) is 18.0 Å². The van der Waals surface area contributed by atoms with E-state index < -0.39 is 23.0 Å². The molecule has 0 aliphatic carbocycles. The van der Waals surface area contributed by atoms with Crippen LogP contribution in [0.15, 0.2) is 54.7 Å². The number of hydrogen-bond acceptors (Lipinski definition) is 5. The summed E-state index contributed by atoms with van der Waals surface area (Å²) in [5, 5.41) is 3.17. The number of hydrogen-bond donors (Lipinski definition) is 1. The van der Waals surface area contributed by atoms with Crippen molar-refractivity contribution in [3.63, 3.8) is 0 Å².